The first-order chi connectivity index (χ1) is 9.08. The van der Waals surface area contributed by atoms with Crippen molar-refractivity contribution in [3.05, 3.63) is 53.3 Å². The minimum absolute atomic E-state index is 0.0993. The highest BCUT2D eigenvalue weighted by Gasteiger charge is 2.10. The third kappa shape index (κ3) is 3.01. The second-order valence-corrected chi connectivity index (χ2v) is 4.20. The van der Waals surface area contributed by atoms with Crippen LogP contribution in [-0.4, -0.2) is 16.1 Å². The van der Waals surface area contributed by atoms with Gasteiger partial charge < -0.3 is 16.2 Å². The smallest absolute Gasteiger partial charge is 0.337 e. The number of nitrogen functional groups attached to an aromatic ring is 1. The summed E-state index contributed by atoms with van der Waals surface area (Å²) in [5, 5.41) is 12.1. The Morgan fingerprint density at radius 3 is 2.74 bits per heavy atom. The molecule has 5 heteroatoms. The largest absolute Gasteiger partial charge is 0.478 e. The summed E-state index contributed by atoms with van der Waals surface area (Å²) in [6, 6.07) is 10.6. The molecular formula is C14H15N3O2. The Hall–Kier alpha value is -2.56. The number of hydrogen-bond donors (Lipinski definition) is 3. The number of aromatic carboxylic acids is 1. The molecule has 0 atom stereocenters. The molecule has 0 saturated heterocycles. The van der Waals surface area contributed by atoms with E-state index < -0.39 is 5.97 Å². The first-order valence-electron chi connectivity index (χ1n) is 5.86. The van der Waals surface area contributed by atoms with E-state index in [2.05, 4.69) is 10.3 Å². The molecule has 5 nitrogen and oxygen atoms in total. The van der Waals surface area contributed by atoms with Gasteiger partial charge in [-0.05, 0) is 31.2 Å². The van der Waals surface area contributed by atoms with Crippen molar-refractivity contribution in [2.75, 3.05) is 11.1 Å². The van der Waals surface area contributed by atoms with Crippen LogP contribution >= 0.6 is 0 Å². The van der Waals surface area contributed by atoms with Gasteiger partial charge in [-0.25, -0.2) is 4.79 Å². The van der Waals surface area contributed by atoms with Crippen LogP contribution in [0.15, 0.2) is 36.4 Å². The van der Waals surface area contributed by atoms with E-state index in [0.717, 1.165) is 11.4 Å². The highest BCUT2D eigenvalue weighted by Crippen LogP contribution is 2.23. The predicted octanol–water partition coefficient (Wildman–Crippen LogP) is 2.28. The van der Waals surface area contributed by atoms with Crippen LogP contribution in [-0.2, 0) is 6.54 Å². The van der Waals surface area contributed by atoms with Gasteiger partial charge in [0, 0.05) is 5.69 Å². The summed E-state index contributed by atoms with van der Waals surface area (Å²) in [6.07, 6.45) is 0. The first-order valence-corrected chi connectivity index (χ1v) is 5.86. The summed E-state index contributed by atoms with van der Waals surface area (Å²) in [5.41, 5.74) is 8.56. The van der Waals surface area contributed by atoms with Gasteiger partial charge in [0.15, 0.2) is 0 Å². The molecule has 1 aromatic heterocycles. The number of nitrogens with two attached hydrogens (primary N) is 1. The molecule has 4 N–H and O–H groups in total. The summed E-state index contributed by atoms with van der Waals surface area (Å²) in [6.45, 7) is 2.41. The molecule has 1 heterocycles. The average Bonchev–Trinajstić information content (AvgIpc) is 2.37. The van der Waals surface area contributed by atoms with Crippen molar-refractivity contribution in [3.8, 4) is 0 Å². The quantitative estimate of drug-likeness (QED) is 0.731. The minimum Gasteiger partial charge on any atom is -0.478 e. The Labute approximate surface area is 111 Å². The van der Waals surface area contributed by atoms with E-state index >= 15 is 0 Å². The van der Waals surface area contributed by atoms with Gasteiger partial charge >= 0.3 is 5.97 Å². The Morgan fingerprint density at radius 2 is 2.05 bits per heavy atom. The number of hydrogen-bond acceptors (Lipinski definition) is 4. The Bertz CT molecular complexity index is 611. The van der Waals surface area contributed by atoms with Crippen LogP contribution < -0.4 is 11.1 Å². The van der Waals surface area contributed by atoms with Crippen LogP contribution in [0.3, 0.4) is 0 Å². The van der Waals surface area contributed by atoms with E-state index in [4.69, 9.17) is 10.8 Å². The van der Waals surface area contributed by atoms with Crippen molar-refractivity contribution in [1.29, 1.82) is 0 Å². The molecule has 0 fully saturated rings. The minimum atomic E-state index is -1.03. The van der Waals surface area contributed by atoms with Gasteiger partial charge in [-0.15, -0.1) is 0 Å². The number of carbonyl (C=O) groups is 1. The highest BCUT2D eigenvalue weighted by molar-refractivity contribution is 5.97. The number of carboxylic acids is 1. The molecule has 2 rings (SSSR count). The maximum Gasteiger partial charge on any atom is 0.337 e. The lowest BCUT2D eigenvalue weighted by Crippen LogP contribution is -2.08. The zero-order chi connectivity index (χ0) is 13.8. The summed E-state index contributed by atoms with van der Waals surface area (Å²) in [7, 11) is 0. The van der Waals surface area contributed by atoms with Crippen LogP contribution in [0.2, 0.25) is 0 Å². The molecule has 0 unspecified atom stereocenters. The highest BCUT2D eigenvalue weighted by atomic mass is 16.4. The van der Waals surface area contributed by atoms with Crippen molar-refractivity contribution in [3.63, 3.8) is 0 Å². The number of benzene rings is 1. The van der Waals surface area contributed by atoms with E-state index in [-0.39, 0.29) is 11.3 Å². The molecule has 1 aromatic carbocycles. The molecule has 2 aromatic rings. The second kappa shape index (κ2) is 5.39. The van der Waals surface area contributed by atoms with Crippen molar-refractivity contribution in [2.24, 2.45) is 0 Å². The summed E-state index contributed by atoms with van der Waals surface area (Å²) >= 11 is 0. The third-order valence-corrected chi connectivity index (χ3v) is 2.74. The van der Waals surface area contributed by atoms with Crippen LogP contribution in [0.5, 0.6) is 0 Å². The van der Waals surface area contributed by atoms with Crippen molar-refractivity contribution >= 4 is 17.3 Å². The van der Waals surface area contributed by atoms with Gasteiger partial charge in [-0.1, -0.05) is 12.1 Å². The molecule has 0 amide bonds. The Balaban J connectivity index is 2.16. The van der Waals surface area contributed by atoms with Gasteiger partial charge in [0.1, 0.15) is 0 Å². The first kappa shape index (κ1) is 12.9. The average molecular weight is 257 g/mol. The van der Waals surface area contributed by atoms with E-state index in [9.17, 15) is 4.79 Å². The van der Waals surface area contributed by atoms with Gasteiger partial charge in [0.2, 0.25) is 0 Å². The molecule has 0 bridgehead atoms. The number of nitrogens with one attached hydrogen (secondary N) is 1. The van der Waals surface area contributed by atoms with Crippen LogP contribution in [0.1, 0.15) is 21.7 Å². The van der Waals surface area contributed by atoms with Crippen LogP contribution in [0.4, 0.5) is 11.4 Å². The second-order valence-electron chi connectivity index (χ2n) is 4.20. The van der Waals surface area contributed by atoms with E-state index in [1.807, 2.05) is 25.1 Å². The molecule has 0 aliphatic carbocycles. The van der Waals surface area contributed by atoms with Gasteiger partial charge in [-0.2, -0.15) is 0 Å². The molecular weight excluding hydrogens is 242 g/mol. The molecule has 0 aliphatic rings. The fourth-order valence-corrected chi connectivity index (χ4v) is 1.79. The maximum atomic E-state index is 11.0. The van der Waals surface area contributed by atoms with Crippen molar-refractivity contribution in [1.82, 2.24) is 4.98 Å². The maximum absolute atomic E-state index is 11.0. The number of nitrogens with zero attached hydrogens (tertiary/aromatic N) is 1. The normalized spacial score (nSPS) is 10.2. The predicted molar refractivity (Wildman–Crippen MR) is 74.1 cm³/mol. The molecule has 0 radical (unpaired) electrons. The van der Waals surface area contributed by atoms with E-state index in [1.54, 1.807) is 12.1 Å². The van der Waals surface area contributed by atoms with Gasteiger partial charge in [0.05, 0.1) is 29.2 Å². The summed E-state index contributed by atoms with van der Waals surface area (Å²) < 4.78 is 0. The fraction of sp³-hybridized carbons (Fsp3) is 0.143. The monoisotopic (exact) mass is 257 g/mol. The topological polar surface area (TPSA) is 88.2 Å². The summed E-state index contributed by atoms with van der Waals surface area (Å²) in [4.78, 5) is 15.3. The van der Waals surface area contributed by atoms with Crippen molar-refractivity contribution < 1.29 is 9.90 Å². The zero-order valence-corrected chi connectivity index (χ0v) is 10.6. The lowest BCUT2D eigenvalue weighted by atomic mass is 10.1. The number of rotatable bonds is 4. The van der Waals surface area contributed by atoms with Gasteiger partial charge in [0.25, 0.3) is 0 Å². The van der Waals surface area contributed by atoms with Crippen LogP contribution in [0.25, 0.3) is 0 Å². The third-order valence-electron chi connectivity index (χ3n) is 2.74. The van der Waals surface area contributed by atoms with Crippen molar-refractivity contribution in [2.45, 2.75) is 13.5 Å². The molecule has 0 saturated carbocycles. The molecule has 0 aliphatic heterocycles. The summed E-state index contributed by atoms with van der Waals surface area (Å²) in [5.74, 6) is -1.03. The number of carboxylic acid groups (broad SMARTS) is 1. The SMILES string of the molecule is Cc1cccc(CNc2cccc(C(=O)O)c2N)n1. The number of anilines is 2. The van der Waals surface area contributed by atoms with Crippen LogP contribution in [0, 0.1) is 6.92 Å². The Kier molecular flexibility index (Phi) is 3.66. The lowest BCUT2D eigenvalue weighted by Gasteiger charge is -2.11. The molecule has 98 valence electrons. The standard InChI is InChI=1S/C14H15N3O2/c1-9-4-2-5-10(17-9)8-16-12-7-3-6-11(13(12)15)14(18)19/h2-7,16H,8,15H2,1H3,(H,18,19). The number of aromatic nitrogens is 1. The number of aryl methyl sites for hydroxylation is 1. The van der Waals surface area contributed by atoms with E-state index in [0.29, 0.717) is 12.2 Å². The Morgan fingerprint density at radius 1 is 1.32 bits per heavy atom. The van der Waals surface area contributed by atoms with Gasteiger partial charge in [-0.3, -0.25) is 4.98 Å². The lowest BCUT2D eigenvalue weighted by molar-refractivity contribution is 0.0698. The molecule has 19 heavy (non-hydrogen) atoms. The fourth-order valence-electron chi connectivity index (χ4n) is 1.79. The molecule has 0 spiro atoms. The number of para-hydroxylation sites is 1. The zero-order valence-electron chi connectivity index (χ0n) is 10.6. The number of pyridine rings is 1. The van der Waals surface area contributed by atoms with E-state index in [1.165, 1.54) is 6.07 Å².